The number of amides is 1. The van der Waals surface area contributed by atoms with Crippen molar-refractivity contribution < 1.29 is 18.7 Å². The van der Waals surface area contributed by atoms with Gasteiger partial charge in [0.05, 0.1) is 13.2 Å². The summed E-state index contributed by atoms with van der Waals surface area (Å²) in [4.78, 5) is 22.8. The summed E-state index contributed by atoms with van der Waals surface area (Å²) >= 11 is 0. The zero-order valence-electron chi connectivity index (χ0n) is 17.1. The molecule has 0 aliphatic rings. The largest absolute Gasteiger partial charge is 0.493 e. The van der Waals surface area contributed by atoms with Crippen molar-refractivity contribution in [3.05, 3.63) is 40.8 Å². The predicted octanol–water partition coefficient (Wildman–Crippen LogP) is 5.04. The molecule has 1 N–H and O–H groups in total. The molecule has 0 fully saturated rings. The fraction of sp³-hybridized carbons (Fsp3) is 0.545. The molecule has 2 aromatic rings. The number of rotatable bonds is 10. The van der Waals surface area contributed by atoms with E-state index in [1.807, 2.05) is 32.9 Å². The topological polar surface area (TPSA) is 77.8 Å². The van der Waals surface area contributed by atoms with Crippen LogP contribution in [0.15, 0.2) is 39.5 Å². The smallest absolute Gasteiger partial charge is 0.407 e. The first-order valence-electron chi connectivity index (χ1n) is 9.95. The molecule has 0 saturated heterocycles. The van der Waals surface area contributed by atoms with E-state index in [-0.39, 0.29) is 17.3 Å². The minimum atomic E-state index is -0.357. The van der Waals surface area contributed by atoms with E-state index >= 15 is 0 Å². The summed E-state index contributed by atoms with van der Waals surface area (Å²) in [6, 6.07) is 8.69. The van der Waals surface area contributed by atoms with Crippen LogP contribution in [0, 0.1) is 0 Å². The summed E-state index contributed by atoms with van der Waals surface area (Å²) in [6.45, 7) is 6.88. The molecule has 1 amide bonds. The lowest BCUT2D eigenvalue weighted by molar-refractivity contribution is 0.135. The molecular weight excluding hydrogens is 358 g/mol. The number of ether oxygens (including phenoxy) is 2. The molecule has 0 radical (unpaired) electrons. The quantitative estimate of drug-likeness (QED) is 0.455. The first-order chi connectivity index (χ1) is 13.3. The van der Waals surface area contributed by atoms with Gasteiger partial charge in [0, 0.05) is 23.1 Å². The number of hydrogen-bond acceptors (Lipinski definition) is 5. The molecule has 28 heavy (non-hydrogen) atoms. The van der Waals surface area contributed by atoms with Crippen LogP contribution in [-0.4, -0.2) is 24.8 Å². The van der Waals surface area contributed by atoms with E-state index in [4.69, 9.17) is 13.9 Å². The van der Waals surface area contributed by atoms with Gasteiger partial charge in [0.25, 0.3) is 0 Å². The van der Waals surface area contributed by atoms with Crippen LogP contribution >= 0.6 is 0 Å². The van der Waals surface area contributed by atoms with Crippen LogP contribution in [0.3, 0.4) is 0 Å². The number of alkyl carbamates (subject to hydrolysis) is 1. The molecule has 1 aromatic carbocycles. The summed E-state index contributed by atoms with van der Waals surface area (Å²) < 4.78 is 16.1. The third kappa shape index (κ3) is 8.46. The Labute approximate surface area is 166 Å². The van der Waals surface area contributed by atoms with Crippen LogP contribution < -0.4 is 15.7 Å². The van der Waals surface area contributed by atoms with Gasteiger partial charge in [0.1, 0.15) is 11.3 Å². The van der Waals surface area contributed by atoms with Gasteiger partial charge in [-0.1, -0.05) is 25.7 Å². The van der Waals surface area contributed by atoms with Crippen molar-refractivity contribution in [1.82, 2.24) is 5.32 Å². The van der Waals surface area contributed by atoms with Gasteiger partial charge in [-0.25, -0.2) is 9.59 Å². The van der Waals surface area contributed by atoms with Gasteiger partial charge < -0.3 is 19.2 Å². The van der Waals surface area contributed by atoms with Gasteiger partial charge in [0.2, 0.25) is 0 Å². The Bertz CT molecular complexity index is 806. The van der Waals surface area contributed by atoms with E-state index in [9.17, 15) is 9.59 Å². The first kappa shape index (κ1) is 21.8. The van der Waals surface area contributed by atoms with Crippen LogP contribution in [-0.2, 0) is 4.74 Å². The van der Waals surface area contributed by atoms with Crippen molar-refractivity contribution in [3.63, 3.8) is 0 Å². The zero-order valence-corrected chi connectivity index (χ0v) is 17.1. The van der Waals surface area contributed by atoms with Crippen LogP contribution in [0.5, 0.6) is 5.75 Å². The molecule has 0 bridgehead atoms. The summed E-state index contributed by atoms with van der Waals surface area (Å²) in [7, 11) is 0. The SMILES string of the molecule is CC(C)(C)NC(=O)OCCCCCCCCOc1ccc2ccc(=O)oc2c1. The predicted molar refractivity (Wildman–Crippen MR) is 110 cm³/mol. The Kier molecular flexibility index (Phi) is 8.36. The summed E-state index contributed by atoms with van der Waals surface area (Å²) in [5, 5.41) is 3.66. The van der Waals surface area contributed by atoms with Crippen molar-refractivity contribution in [3.8, 4) is 5.75 Å². The molecule has 6 heteroatoms. The van der Waals surface area contributed by atoms with Crippen molar-refractivity contribution in [2.45, 2.75) is 64.8 Å². The normalized spacial score (nSPS) is 11.4. The highest BCUT2D eigenvalue weighted by Gasteiger charge is 2.13. The van der Waals surface area contributed by atoms with Crippen molar-refractivity contribution in [2.24, 2.45) is 0 Å². The molecular formula is C22H31NO5. The number of hydrogen-bond donors (Lipinski definition) is 1. The fourth-order valence-electron chi connectivity index (χ4n) is 2.74. The number of unbranched alkanes of at least 4 members (excludes halogenated alkanes) is 5. The van der Waals surface area contributed by atoms with Gasteiger partial charge in [-0.3, -0.25) is 0 Å². The highest BCUT2D eigenvalue weighted by molar-refractivity contribution is 5.77. The first-order valence-corrected chi connectivity index (χ1v) is 9.95. The van der Waals surface area contributed by atoms with E-state index in [0.29, 0.717) is 24.5 Å². The fourth-order valence-corrected chi connectivity index (χ4v) is 2.74. The van der Waals surface area contributed by atoms with Gasteiger partial charge >= 0.3 is 11.7 Å². The van der Waals surface area contributed by atoms with Crippen LogP contribution in [0.25, 0.3) is 11.0 Å². The van der Waals surface area contributed by atoms with Crippen molar-refractivity contribution >= 4 is 17.1 Å². The Hall–Kier alpha value is -2.50. The lowest BCUT2D eigenvalue weighted by Crippen LogP contribution is -2.41. The highest BCUT2D eigenvalue weighted by Crippen LogP contribution is 2.19. The second-order valence-corrected chi connectivity index (χ2v) is 7.93. The number of benzene rings is 1. The molecule has 0 atom stereocenters. The van der Waals surface area contributed by atoms with Crippen molar-refractivity contribution in [1.29, 1.82) is 0 Å². The highest BCUT2D eigenvalue weighted by atomic mass is 16.5. The standard InChI is InChI=1S/C22H31NO5/c1-22(2,3)23-21(25)27-15-9-7-5-4-6-8-14-26-18-12-10-17-11-13-20(24)28-19(17)16-18/h10-13,16H,4-9,14-15H2,1-3H3,(H,23,25). The Balaban J connectivity index is 1.50. The van der Waals surface area contributed by atoms with E-state index < -0.39 is 0 Å². The summed E-state index contributed by atoms with van der Waals surface area (Å²) in [6.07, 6.45) is 5.90. The minimum absolute atomic E-state index is 0.264. The van der Waals surface area contributed by atoms with Gasteiger partial charge in [-0.15, -0.1) is 0 Å². The van der Waals surface area contributed by atoms with Crippen LogP contribution in [0.2, 0.25) is 0 Å². The number of nitrogens with one attached hydrogen (secondary N) is 1. The third-order valence-electron chi connectivity index (χ3n) is 4.11. The Morgan fingerprint density at radius 3 is 2.32 bits per heavy atom. The second-order valence-electron chi connectivity index (χ2n) is 7.93. The number of fused-ring (bicyclic) bond motifs is 1. The second kappa shape index (κ2) is 10.7. The van der Waals surface area contributed by atoms with Crippen LogP contribution in [0.1, 0.15) is 59.3 Å². The summed E-state index contributed by atoms with van der Waals surface area (Å²) in [5.41, 5.74) is -0.0759. The molecule has 0 aliphatic carbocycles. The molecule has 2 rings (SSSR count). The summed E-state index contributed by atoms with van der Waals surface area (Å²) in [5.74, 6) is 0.715. The molecule has 6 nitrogen and oxygen atoms in total. The molecule has 154 valence electrons. The molecule has 0 aliphatic heterocycles. The lowest BCUT2D eigenvalue weighted by Gasteiger charge is -2.19. The maximum Gasteiger partial charge on any atom is 0.407 e. The van der Waals surface area contributed by atoms with E-state index in [2.05, 4.69) is 5.32 Å². The van der Waals surface area contributed by atoms with Gasteiger partial charge in [-0.05, 0) is 51.8 Å². The van der Waals surface area contributed by atoms with E-state index in [0.717, 1.165) is 43.9 Å². The molecule has 1 aromatic heterocycles. The average Bonchev–Trinajstić information content (AvgIpc) is 2.61. The maximum absolute atomic E-state index is 11.5. The molecule has 0 spiro atoms. The number of carbonyl (C=O) groups is 1. The van der Waals surface area contributed by atoms with Crippen LogP contribution in [0.4, 0.5) is 4.79 Å². The van der Waals surface area contributed by atoms with Gasteiger partial charge in [-0.2, -0.15) is 0 Å². The maximum atomic E-state index is 11.5. The zero-order chi connectivity index (χ0) is 20.4. The Morgan fingerprint density at radius 1 is 0.964 bits per heavy atom. The monoisotopic (exact) mass is 389 g/mol. The molecule has 1 heterocycles. The molecule has 0 unspecified atom stereocenters. The van der Waals surface area contributed by atoms with Gasteiger partial charge in [0.15, 0.2) is 0 Å². The lowest BCUT2D eigenvalue weighted by atomic mass is 10.1. The molecule has 0 saturated carbocycles. The Morgan fingerprint density at radius 2 is 1.61 bits per heavy atom. The van der Waals surface area contributed by atoms with E-state index in [1.54, 1.807) is 12.1 Å². The number of carbonyl (C=O) groups excluding carboxylic acids is 1. The van der Waals surface area contributed by atoms with E-state index in [1.165, 1.54) is 6.07 Å². The van der Waals surface area contributed by atoms with Crippen molar-refractivity contribution in [2.75, 3.05) is 13.2 Å². The minimum Gasteiger partial charge on any atom is -0.493 e. The third-order valence-corrected chi connectivity index (χ3v) is 4.11. The average molecular weight is 389 g/mol.